The highest BCUT2D eigenvalue weighted by molar-refractivity contribution is 7.92. The van der Waals surface area contributed by atoms with E-state index in [1.54, 1.807) is 36.4 Å². The summed E-state index contributed by atoms with van der Waals surface area (Å²) in [6.07, 6.45) is 0. The lowest BCUT2D eigenvalue weighted by atomic mass is 10.3. The van der Waals surface area contributed by atoms with Crippen LogP contribution in [0.3, 0.4) is 0 Å². The molecule has 0 bridgehead atoms. The van der Waals surface area contributed by atoms with E-state index in [1.165, 1.54) is 30.3 Å². The maximum absolute atomic E-state index is 12.7. The largest absolute Gasteiger partial charge is 0.323 e. The second kappa shape index (κ2) is 8.80. The average Bonchev–Trinajstić information content (AvgIpc) is 2.71. The molecule has 0 unspecified atom stereocenters. The van der Waals surface area contributed by atoms with Crippen LogP contribution in [0.4, 0.5) is 27.5 Å². The number of nitro groups is 1. The van der Waals surface area contributed by atoms with Gasteiger partial charge in [-0.3, -0.25) is 14.8 Å². The zero-order valence-electron chi connectivity index (χ0n) is 15.2. The van der Waals surface area contributed by atoms with Crippen molar-refractivity contribution in [1.29, 1.82) is 0 Å². The first-order chi connectivity index (χ1) is 14.2. The summed E-state index contributed by atoms with van der Waals surface area (Å²) in [5, 5.41) is 16.6. The number of carbonyl (C=O) groups excluding carboxylic acids is 1. The number of anilines is 3. The summed E-state index contributed by atoms with van der Waals surface area (Å²) in [4.78, 5) is 22.2. The molecule has 0 aliphatic heterocycles. The van der Waals surface area contributed by atoms with Gasteiger partial charge < -0.3 is 10.6 Å². The summed E-state index contributed by atoms with van der Waals surface area (Å²) in [6.45, 7) is 0. The molecule has 11 heteroatoms. The van der Waals surface area contributed by atoms with Crippen LogP contribution in [0.25, 0.3) is 0 Å². The van der Waals surface area contributed by atoms with Crippen LogP contribution >= 0.6 is 11.6 Å². The molecule has 0 aromatic heterocycles. The Kier molecular flexibility index (Phi) is 6.19. The fourth-order valence-electron chi connectivity index (χ4n) is 2.47. The molecule has 3 aromatic rings. The van der Waals surface area contributed by atoms with E-state index >= 15 is 0 Å². The van der Waals surface area contributed by atoms with Crippen LogP contribution in [0.15, 0.2) is 77.7 Å². The number of nitrogens with zero attached hydrogens (tertiary/aromatic N) is 1. The number of hydrogen-bond acceptors (Lipinski definition) is 5. The highest BCUT2D eigenvalue weighted by atomic mass is 35.5. The summed E-state index contributed by atoms with van der Waals surface area (Å²) in [5.74, 6) is 0. The Morgan fingerprint density at radius 3 is 2.23 bits per heavy atom. The SMILES string of the molecule is O=C(Nc1ccc(Cl)cc1)Nc1ccccc1NS(=O)(=O)c1cccc([N+](=O)[O-])c1. The van der Waals surface area contributed by atoms with Gasteiger partial charge in [-0.25, -0.2) is 13.2 Å². The van der Waals surface area contributed by atoms with Gasteiger partial charge in [0, 0.05) is 22.8 Å². The highest BCUT2D eigenvalue weighted by Gasteiger charge is 2.19. The zero-order valence-corrected chi connectivity index (χ0v) is 16.8. The van der Waals surface area contributed by atoms with E-state index in [-0.39, 0.29) is 22.0 Å². The van der Waals surface area contributed by atoms with E-state index in [9.17, 15) is 23.3 Å². The molecule has 3 rings (SSSR count). The molecule has 0 saturated carbocycles. The molecule has 2 amide bonds. The fraction of sp³-hybridized carbons (Fsp3) is 0. The summed E-state index contributed by atoms with van der Waals surface area (Å²) in [5.41, 5.74) is 0.423. The van der Waals surface area contributed by atoms with Gasteiger partial charge in [0.15, 0.2) is 0 Å². The van der Waals surface area contributed by atoms with Crippen LogP contribution in [0, 0.1) is 10.1 Å². The molecular formula is C19H15ClN4O5S. The third kappa shape index (κ3) is 5.25. The van der Waals surface area contributed by atoms with Crippen molar-refractivity contribution in [3.05, 3.63) is 87.9 Å². The molecule has 0 atom stereocenters. The molecule has 0 aliphatic carbocycles. The Morgan fingerprint density at radius 2 is 1.57 bits per heavy atom. The van der Waals surface area contributed by atoms with Crippen molar-refractivity contribution in [3.8, 4) is 0 Å². The molecule has 3 aromatic carbocycles. The quantitative estimate of drug-likeness (QED) is 0.373. The normalized spacial score (nSPS) is 10.8. The predicted molar refractivity (Wildman–Crippen MR) is 114 cm³/mol. The van der Waals surface area contributed by atoms with E-state index in [4.69, 9.17) is 11.6 Å². The number of halogens is 1. The molecule has 3 N–H and O–H groups in total. The number of amides is 2. The number of benzene rings is 3. The van der Waals surface area contributed by atoms with Gasteiger partial charge in [-0.1, -0.05) is 29.8 Å². The van der Waals surface area contributed by atoms with E-state index < -0.39 is 21.0 Å². The molecule has 9 nitrogen and oxygen atoms in total. The molecule has 0 saturated heterocycles. The monoisotopic (exact) mass is 446 g/mol. The van der Waals surface area contributed by atoms with Gasteiger partial charge in [0.25, 0.3) is 15.7 Å². The Balaban J connectivity index is 1.79. The lowest BCUT2D eigenvalue weighted by molar-refractivity contribution is -0.385. The Labute approximate surface area is 176 Å². The predicted octanol–water partition coefficient (Wildman–Crippen LogP) is 4.69. The minimum Gasteiger partial charge on any atom is -0.308 e. The highest BCUT2D eigenvalue weighted by Crippen LogP contribution is 2.26. The molecule has 0 fully saturated rings. The minimum atomic E-state index is -4.13. The van der Waals surface area contributed by atoms with E-state index in [0.717, 1.165) is 6.07 Å². The minimum absolute atomic E-state index is 0.0928. The summed E-state index contributed by atoms with van der Waals surface area (Å²) < 4.78 is 27.7. The van der Waals surface area contributed by atoms with Crippen molar-refractivity contribution in [2.24, 2.45) is 0 Å². The smallest absolute Gasteiger partial charge is 0.308 e. The van der Waals surface area contributed by atoms with Crippen LogP contribution in [0.1, 0.15) is 0 Å². The van der Waals surface area contributed by atoms with Crippen LogP contribution in [-0.4, -0.2) is 19.4 Å². The maximum atomic E-state index is 12.7. The van der Waals surface area contributed by atoms with Gasteiger partial charge in [0.1, 0.15) is 0 Å². The number of para-hydroxylation sites is 2. The zero-order chi connectivity index (χ0) is 21.7. The van der Waals surface area contributed by atoms with E-state index in [2.05, 4.69) is 15.4 Å². The molecular weight excluding hydrogens is 432 g/mol. The first kappa shape index (κ1) is 21.1. The van der Waals surface area contributed by atoms with Crippen molar-refractivity contribution in [2.45, 2.75) is 4.90 Å². The molecule has 0 heterocycles. The molecule has 0 radical (unpaired) electrons. The molecule has 0 aliphatic rings. The van der Waals surface area contributed by atoms with Gasteiger partial charge >= 0.3 is 6.03 Å². The number of carbonyl (C=O) groups is 1. The van der Waals surface area contributed by atoms with Gasteiger partial charge in [-0.15, -0.1) is 0 Å². The molecule has 30 heavy (non-hydrogen) atoms. The van der Waals surface area contributed by atoms with Crippen molar-refractivity contribution in [1.82, 2.24) is 0 Å². The second-order valence-corrected chi connectivity index (χ2v) is 8.11. The maximum Gasteiger partial charge on any atom is 0.323 e. The van der Waals surface area contributed by atoms with Gasteiger partial charge in [-0.2, -0.15) is 0 Å². The van der Waals surface area contributed by atoms with Gasteiger partial charge in [0.2, 0.25) is 0 Å². The number of sulfonamides is 1. The second-order valence-electron chi connectivity index (χ2n) is 5.99. The van der Waals surface area contributed by atoms with Gasteiger partial charge in [-0.05, 0) is 42.5 Å². The van der Waals surface area contributed by atoms with Crippen LogP contribution < -0.4 is 15.4 Å². The van der Waals surface area contributed by atoms with Crippen LogP contribution in [-0.2, 0) is 10.0 Å². The van der Waals surface area contributed by atoms with Crippen molar-refractivity contribution < 1.29 is 18.1 Å². The molecule has 154 valence electrons. The van der Waals surface area contributed by atoms with E-state index in [1.807, 2.05) is 0 Å². The van der Waals surface area contributed by atoms with Crippen molar-refractivity contribution >= 4 is 50.4 Å². The summed E-state index contributed by atoms with van der Waals surface area (Å²) in [6, 6.07) is 16.6. The Hall–Kier alpha value is -3.63. The number of nitrogens with one attached hydrogen (secondary N) is 3. The lowest BCUT2D eigenvalue weighted by Crippen LogP contribution is -2.21. The van der Waals surface area contributed by atoms with E-state index in [0.29, 0.717) is 10.7 Å². The van der Waals surface area contributed by atoms with Crippen LogP contribution in [0.5, 0.6) is 0 Å². The first-order valence-electron chi connectivity index (χ1n) is 8.44. The third-order valence-corrected chi connectivity index (χ3v) is 5.48. The first-order valence-corrected chi connectivity index (χ1v) is 10.3. The number of non-ortho nitro benzene ring substituents is 1. The van der Waals surface area contributed by atoms with Crippen LogP contribution in [0.2, 0.25) is 5.02 Å². The number of urea groups is 1. The van der Waals surface area contributed by atoms with Crippen molar-refractivity contribution in [3.63, 3.8) is 0 Å². The van der Waals surface area contributed by atoms with Gasteiger partial charge in [0.05, 0.1) is 21.2 Å². The Bertz CT molecular complexity index is 1200. The number of nitro benzene ring substituents is 1. The number of rotatable bonds is 6. The third-order valence-electron chi connectivity index (χ3n) is 3.86. The standard InChI is InChI=1S/C19H15ClN4O5S/c20-13-8-10-14(11-9-13)21-19(25)22-17-6-1-2-7-18(17)23-30(28,29)16-5-3-4-15(12-16)24(26)27/h1-12,23H,(H2,21,22,25). The average molecular weight is 447 g/mol. The fourth-order valence-corrected chi connectivity index (χ4v) is 3.71. The summed E-state index contributed by atoms with van der Waals surface area (Å²) in [7, 11) is -4.13. The summed E-state index contributed by atoms with van der Waals surface area (Å²) >= 11 is 5.81. The topological polar surface area (TPSA) is 130 Å². The Morgan fingerprint density at radius 1 is 0.900 bits per heavy atom. The molecule has 0 spiro atoms. The lowest BCUT2D eigenvalue weighted by Gasteiger charge is -2.14. The number of hydrogen-bond donors (Lipinski definition) is 3. The van der Waals surface area contributed by atoms with Crippen molar-refractivity contribution in [2.75, 3.05) is 15.4 Å².